The van der Waals surface area contributed by atoms with Gasteiger partial charge in [-0.05, 0) is 47.2 Å². The molecule has 0 aliphatic carbocycles. The van der Waals surface area contributed by atoms with Crippen molar-refractivity contribution < 1.29 is 31.1 Å². The van der Waals surface area contributed by atoms with Crippen molar-refractivity contribution >= 4 is 11.7 Å². The van der Waals surface area contributed by atoms with E-state index in [0.717, 1.165) is 28.6 Å². The number of carbonyl (C=O) groups is 1. The van der Waals surface area contributed by atoms with E-state index < -0.39 is 41.4 Å². The summed E-state index contributed by atoms with van der Waals surface area (Å²) in [5.74, 6) is -0.572. The van der Waals surface area contributed by atoms with Crippen LogP contribution in [0.5, 0.6) is 0 Å². The molecule has 0 saturated carbocycles. The summed E-state index contributed by atoms with van der Waals surface area (Å²) in [5, 5.41) is 10.1. The van der Waals surface area contributed by atoms with Crippen LogP contribution < -0.4 is 10.6 Å². The van der Waals surface area contributed by atoms with Crippen LogP contribution in [-0.4, -0.2) is 21.9 Å². The van der Waals surface area contributed by atoms with Crippen LogP contribution >= 0.6 is 0 Å². The van der Waals surface area contributed by atoms with Gasteiger partial charge in [0.25, 0.3) is 5.91 Å². The third kappa shape index (κ3) is 5.98. The highest BCUT2D eigenvalue weighted by Gasteiger charge is 2.47. The highest BCUT2D eigenvalue weighted by Crippen LogP contribution is 2.44. The van der Waals surface area contributed by atoms with Gasteiger partial charge in [-0.2, -0.15) is 31.4 Å². The van der Waals surface area contributed by atoms with E-state index in [9.17, 15) is 31.1 Å². The summed E-state index contributed by atoms with van der Waals surface area (Å²) in [6.45, 7) is 3.79. The Labute approximate surface area is 244 Å². The molecule has 0 spiro atoms. The SMILES string of the molecule is CCC(CC)(NC(=O)c1cnn2c1NC(c1ccccc1)CC2C(F)(F)F)c1ccc(-c2ccc(C(F)(F)F)cc2)cc1. The minimum absolute atomic E-state index is 0.00122. The molecule has 2 N–H and O–H groups in total. The van der Waals surface area contributed by atoms with E-state index in [0.29, 0.717) is 29.5 Å². The van der Waals surface area contributed by atoms with Crippen molar-refractivity contribution in [3.8, 4) is 11.1 Å². The lowest BCUT2D eigenvalue weighted by molar-refractivity contribution is -0.173. The largest absolute Gasteiger partial charge is 0.416 e. The van der Waals surface area contributed by atoms with Gasteiger partial charge in [0.05, 0.1) is 23.3 Å². The van der Waals surface area contributed by atoms with E-state index in [-0.39, 0.29) is 17.8 Å². The fourth-order valence-corrected chi connectivity index (χ4v) is 5.66. The first-order valence-corrected chi connectivity index (χ1v) is 13.9. The molecule has 1 aliphatic rings. The zero-order valence-corrected chi connectivity index (χ0v) is 23.4. The number of rotatable bonds is 7. The molecular weight excluding hydrogens is 570 g/mol. The van der Waals surface area contributed by atoms with E-state index in [2.05, 4.69) is 15.7 Å². The average molecular weight is 601 g/mol. The number of carbonyl (C=O) groups excluding carboxylic acids is 1. The van der Waals surface area contributed by atoms with Gasteiger partial charge >= 0.3 is 12.4 Å². The van der Waals surface area contributed by atoms with Crippen LogP contribution in [0.15, 0.2) is 85.1 Å². The molecule has 5 nitrogen and oxygen atoms in total. The zero-order chi connectivity index (χ0) is 31.0. The summed E-state index contributed by atoms with van der Waals surface area (Å²) in [4.78, 5) is 13.7. The molecular formula is C32H30F6N4O. The quantitative estimate of drug-likeness (QED) is 0.209. The van der Waals surface area contributed by atoms with Crippen LogP contribution in [-0.2, 0) is 11.7 Å². The molecule has 11 heteroatoms. The number of nitrogens with zero attached hydrogens (tertiary/aromatic N) is 2. The third-order valence-electron chi connectivity index (χ3n) is 8.23. The predicted octanol–water partition coefficient (Wildman–Crippen LogP) is 8.67. The summed E-state index contributed by atoms with van der Waals surface area (Å²) in [6.07, 6.45) is -7.17. The second-order valence-corrected chi connectivity index (χ2v) is 10.6. The van der Waals surface area contributed by atoms with E-state index in [1.54, 1.807) is 54.6 Å². The van der Waals surface area contributed by atoms with Crippen molar-refractivity contribution in [2.75, 3.05) is 5.32 Å². The Hall–Kier alpha value is -4.28. The predicted molar refractivity (Wildman–Crippen MR) is 151 cm³/mol. The summed E-state index contributed by atoms with van der Waals surface area (Å²) < 4.78 is 82.0. The molecule has 2 heterocycles. The molecule has 226 valence electrons. The maximum absolute atomic E-state index is 14.1. The van der Waals surface area contributed by atoms with Gasteiger partial charge in [0.1, 0.15) is 11.4 Å². The Morgan fingerprint density at radius 1 is 0.860 bits per heavy atom. The van der Waals surface area contributed by atoms with Crippen LogP contribution in [0.3, 0.4) is 0 Å². The van der Waals surface area contributed by atoms with Gasteiger partial charge in [-0.1, -0.05) is 80.6 Å². The lowest BCUT2D eigenvalue weighted by Gasteiger charge is -2.35. The molecule has 3 aromatic carbocycles. The number of benzene rings is 3. The molecule has 5 rings (SSSR count). The van der Waals surface area contributed by atoms with Crippen LogP contribution in [0.1, 0.15) is 72.2 Å². The van der Waals surface area contributed by atoms with Gasteiger partial charge in [0.15, 0.2) is 6.04 Å². The number of hydrogen-bond acceptors (Lipinski definition) is 3. The highest BCUT2D eigenvalue weighted by atomic mass is 19.4. The van der Waals surface area contributed by atoms with Crippen LogP contribution in [0, 0.1) is 0 Å². The first-order chi connectivity index (χ1) is 20.4. The van der Waals surface area contributed by atoms with E-state index in [1.165, 1.54) is 12.1 Å². The van der Waals surface area contributed by atoms with Crippen LogP contribution in [0.4, 0.5) is 32.2 Å². The van der Waals surface area contributed by atoms with Gasteiger partial charge in [-0.15, -0.1) is 0 Å². The maximum atomic E-state index is 14.1. The molecule has 1 amide bonds. The summed E-state index contributed by atoms with van der Waals surface area (Å²) in [5.41, 5.74) is 1.13. The zero-order valence-electron chi connectivity index (χ0n) is 23.4. The van der Waals surface area contributed by atoms with E-state index in [4.69, 9.17) is 0 Å². The van der Waals surface area contributed by atoms with Crippen molar-refractivity contribution in [3.63, 3.8) is 0 Å². The van der Waals surface area contributed by atoms with E-state index in [1.807, 2.05) is 13.8 Å². The van der Waals surface area contributed by atoms with Gasteiger partial charge in [0.2, 0.25) is 0 Å². The maximum Gasteiger partial charge on any atom is 0.416 e. The minimum Gasteiger partial charge on any atom is -0.363 e. The molecule has 2 atom stereocenters. The first-order valence-electron chi connectivity index (χ1n) is 13.9. The summed E-state index contributed by atoms with van der Waals surface area (Å²) in [7, 11) is 0. The Balaban J connectivity index is 1.42. The van der Waals surface area contributed by atoms with Crippen LogP contribution in [0.25, 0.3) is 11.1 Å². The smallest absolute Gasteiger partial charge is 0.363 e. The second-order valence-electron chi connectivity index (χ2n) is 10.6. The van der Waals surface area contributed by atoms with Crippen molar-refractivity contribution in [1.82, 2.24) is 15.1 Å². The van der Waals surface area contributed by atoms with E-state index >= 15 is 0 Å². The Morgan fingerprint density at radius 3 is 1.93 bits per heavy atom. The Bertz CT molecular complexity index is 1560. The molecule has 0 fully saturated rings. The number of amides is 1. The molecule has 0 saturated heterocycles. The number of halogens is 6. The minimum atomic E-state index is -4.57. The van der Waals surface area contributed by atoms with Crippen molar-refractivity contribution in [1.29, 1.82) is 0 Å². The Morgan fingerprint density at radius 2 is 1.42 bits per heavy atom. The number of fused-ring (bicyclic) bond motifs is 1. The standard InChI is InChI=1S/C32H30F6N4O/c1-3-30(4-2,23-14-10-20(11-15-23)21-12-16-24(17-13-21)31(33,34)35)41-29(43)25-19-39-42-27(32(36,37)38)18-26(40-28(25)42)22-8-6-5-7-9-22/h5-17,19,26-27,40H,3-4,18H2,1-2H3,(H,41,43). The normalized spacial score (nSPS) is 17.2. The Kier molecular flexibility index (Phi) is 8.02. The third-order valence-corrected chi connectivity index (χ3v) is 8.23. The first kappa shape index (κ1) is 30.2. The fraction of sp³-hybridized carbons (Fsp3) is 0.312. The van der Waals surface area contributed by atoms with Gasteiger partial charge in [-0.3, -0.25) is 4.79 Å². The fourth-order valence-electron chi connectivity index (χ4n) is 5.66. The monoisotopic (exact) mass is 600 g/mol. The molecule has 2 unspecified atom stereocenters. The molecule has 0 bridgehead atoms. The van der Waals surface area contributed by atoms with Crippen molar-refractivity contribution in [2.24, 2.45) is 0 Å². The molecule has 1 aromatic heterocycles. The number of alkyl halides is 6. The number of aromatic nitrogens is 2. The summed E-state index contributed by atoms with van der Waals surface area (Å²) in [6, 6.07) is 18.2. The van der Waals surface area contributed by atoms with Crippen molar-refractivity contribution in [3.05, 3.63) is 107 Å². The average Bonchev–Trinajstić information content (AvgIpc) is 3.43. The number of hydrogen-bond donors (Lipinski definition) is 2. The van der Waals surface area contributed by atoms with Crippen LogP contribution in [0.2, 0.25) is 0 Å². The second kappa shape index (κ2) is 11.4. The number of anilines is 1. The molecule has 43 heavy (non-hydrogen) atoms. The topological polar surface area (TPSA) is 59.0 Å². The van der Waals surface area contributed by atoms with Crippen molar-refractivity contribution in [2.45, 2.75) is 63.1 Å². The van der Waals surface area contributed by atoms with Gasteiger partial charge in [0, 0.05) is 6.42 Å². The van der Waals surface area contributed by atoms with Gasteiger partial charge < -0.3 is 10.6 Å². The summed E-state index contributed by atoms with van der Waals surface area (Å²) >= 11 is 0. The highest BCUT2D eigenvalue weighted by molar-refractivity contribution is 5.99. The lowest BCUT2D eigenvalue weighted by atomic mass is 9.83. The molecule has 0 radical (unpaired) electrons. The lowest BCUT2D eigenvalue weighted by Crippen LogP contribution is -2.45. The molecule has 4 aromatic rings. The number of nitrogens with one attached hydrogen (secondary N) is 2. The van der Waals surface area contributed by atoms with Gasteiger partial charge in [-0.25, -0.2) is 4.68 Å². The molecule has 1 aliphatic heterocycles.